The van der Waals surface area contributed by atoms with Crippen LogP contribution in [0.25, 0.3) is 6.08 Å². The lowest BCUT2D eigenvalue weighted by Crippen LogP contribution is -2.27. The molecule has 0 saturated carbocycles. The summed E-state index contributed by atoms with van der Waals surface area (Å²) >= 11 is 3.12. The topological polar surface area (TPSA) is 70.4 Å². The number of likely N-dealkylation sites (N-methyl/N-ethyl adjacent to an activating group) is 1. The zero-order valence-electron chi connectivity index (χ0n) is 14.4. The van der Waals surface area contributed by atoms with Crippen LogP contribution in [0.3, 0.4) is 0 Å². The SMILES string of the molecule is CCN1C(=O)S/C(=C/c2ccc(OCc3ccccc3C#N)c(I)c2)C1=O. The second-order valence-electron chi connectivity index (χ2n) is 5.67. The van der Waals surface area contributed by atoms with E-state index in [0.717, 1.165) is 26.5 Å². The summed E-state index contributed by atoms with van der Waals surface area (Å²) in [7, 11) is 0. The number of carbonyl (C=O) groups excluding carboxylic acids is 2. The lowest BCUT2D eigenvalue weighted by atomic mass is 10.1. The van der Waals surface area contributed by atoms with Gasteiger partial charge in [0.25, 0.3) is 11.1 Å². The molecule has 0 aliphatic carbocycles. The standard InChI is InChI=1S/C20H15IN2O3S/c1-2-23-19(24)18(27-20(23)25)10-13-7-8-17(16(21)9-13)26-12-15-6-4-3-5-14(15)11-22/h3-10H,2,12H2,1H3/b18-10+. The zero-order valence-corrected chi connectivity index (χ0v) is 17.4. The molecule has 1 fully saturated rings. The minimum absolute atomic E-state index is 0.237. The summed E-state index contributed by atoms with van der Waals surface area (Å²) in [5.74, 6) is 0.443. The van der Waals surface area contributed by atoms with E-state index in [-0.39, 0.29) is 11.1 Å². The Labute approximate surface area is 175 Å². The number of ether oxygens (including phenoxy) is 1. The minimum atomic E-state index is -0.254. The third kappa shape index (κ3) is 4.34. The molecular formula is C20H15IN2O3S. The van der Waals surface area contributed by atoms with Crippen LogP contribution in [-0.4, -0.2) is 22.6 Å². The highest BCUT2D eigenvalue weighted by molar-refractivity contribution is 14.1. The molecule has 1 aliphatic heterocycles. The van der Waals surface area contributed by atoms with Gasteiger partial charge in [0.1, 0.15) is 12.4 Å². The molecule has 0 N–H and O–H groups in total. The van der Waals surface area contributed by atoms with Gasteiger partial charge in [-0.15, -0.1) is 0 Å². The normalized spacial score (nSPS) is 15.3. The van der Waals surface area contributed by atoms with Crippen LogP contribution in [0.15, 0.2) is 47.4 Å². The molecule has 0 atom stereocenters. The predicted molar refractivity (Wildman–Crippen MR) is 113 cm³/mol. The number of benzene rings is 2. The lowest BCUT2D eigenvalue weighted by molar-refractivity contribution is -0.122. The summed E-state index contributed by atoms with van der Waals surface area (Å²) in [5, 5.41) is 8.91. The number of imide groups is 1. The van der Waals surface area contributed by atoms with E-state index >= 15 is 0 Å². The number of halogens is 1. The summed E-state index contributed by atoms with van der Waals surface area (Å²) in [6.07, 6.45) is 1.72. The Balaban J connectivity index is 1.75. The number of rotatable bonds is 5. The molecular weight excluding hydrogens is 475 g/mol. The lowest BCUT2D eigenvalue weighted by Gasteiger charge is -2.10. The first-order valence-electron chi connectivity index (χ1n) is 8.19. The van der Waals surface area contributed by atoms with Gasteiger partial charge in [-0.1, -0.05) is 24.3 Å². The highest BCUT2D eigenvalue weighted by atomic mass is 127. The Bertz CT molecular complexity index is 981. The average Bonchev–Trinajstić information content (AvgIpc) is 2.94. The van der Waals surface area contributed by atoms with Crippen molar-refractivity contribution in [2.75, 3.05) is 6.54 Å². The van der Waals surface area contributed by atoms with Gasteiger partial charge in [0, 0.05) is 12.1 Å². The average molecular weight is 490 g/mol. The highest BCUT2D eigenvalue weighted by Gasteiger charge is 2.33. The second-order valence-corrected chi connectivity index (χ2v) is 7.83. The van der Waals surface area contributed by atoms with Crippen LogP contribution in [0, 0.1) is 14.9 Å². The van der Waals surface area contributed by atoms with E-state index in [4.69, 9.17) is 10.00 Å². The van der Waals surface area contributed by atoms with Crippen molar-refractivity contribution in [2.24, 2.45) is 0 Å². The van der Waals surface area contributed by atoms with Crippen molar-refractivity contribution in [3.8, 4) is 11.8 Å². The van der Waals surface area contributed by atoms with Crippen molar-refractivity contribution in [3.05, 3.63) is 67.6 Å². The minimum Gasteiger partial charge on any atom is -0.488 e. The second kappa shape index (κ2) is 8.59. The Hall–Kier alpha value is -2.31. The summed E-state index contributed by atoms with van der Waals surface area (Å²) in [6.45, 7) is 2.45. The van der Waals surface area contributed by atoms with Crippen LogP contribution >= 0.6 is 34.4 Å². The molecule has 0 radical (unpaired) electrons. The number of nitrogens with zero attached hydrogens (tertiary/aromatic N) is 2. The van der Waals surface area contributed by atoms with E-state index in [1.54, 1.807) is 19.1 Å². The number of hydrogen-bond acceptors (Lipinski definition) is 5. The van der Waals surface area contributed by atoms with E-state index in [1.165, 1.54) is 4.90 Å². The summed E-state index contributed by atoms with van der Waals surface area (Å²) in [6, 6.07) is 15.0. The van der Waals surface area contributed by atoms with Crippen LogP contribution < -0.4 is 4.74 Å². The van der Waals surface area contributed by atoms with Gasteiger partial charge in [0.15, 0.2) is 0 Å². The monoisotopic (exact) mass is 490 g/mol. The molecule has 0 spiro atoms. The van der Waals surface area contributed by atoms with E-state index < -0.39 is 0 Å². The predicted octanol–water partition coefficient (Wildman–Crippen LogP) is 4.80. The number of carbonyl (C=O) groups is 2. The molecule has 1 heterocycles. The van der Waals surface area contributed by atoms with Gasteiger partial charge in [0.2, 0.25) is 0 Å². The molecule has 0 unspecified atom stereocenters. The van der Waals surface area contributed by atoms with Gasteiger partial charge in [-0.2, -0.15) is 5.26 Å². The molecule has 5 nitrogen and oxygen atoms in total. The van der Waals surface area contributed by atoms with Crippen molar-refractivity contribution < 1.29 is 14.3 Å². The molecule has 1 saturated heterocycles. The number of nitriles is 1. The maximum Gasteiger partial charge on any atom is 0.293 e. The first-order chi connectivity index (χ1) is 13.0. The van der Waals surface area contributed by atoms with Crippen LogP contribution in [0.1, 0.15) is 23.6 Å². The first-order valence-corrected chi connectivity index (χ1v) is 10.1. The van der Waals surface area contributed by atoms with E-state index in [2.05, 4.69) is 28.7 Å². The van der Waals surface area contributed by atoms with Crippen LogP contribution in [0.5, 0.6) is 5.75 Å². The van der Waals surface area contributed by atoms with Crippen molar-refractivity contribution in [1.29, 1.82) is 5.26 Å². The molecule has 0 aromatic heterocycles. The third-order valence-corrected chi connectivity index (χ3v) is 5.71. The maximum absolute atomic E-state index is 12.2. The Morgan fingerprint density at radius 3 is 2.70 bits per heavy atom. The Kier molecular flexibility index (Phi) is 6.19. The fourth-order valence-electron chi connectivity index (χ4n) is 2.56. The van der Waals surface area contributed by atoms with Gasteiger partial charge in [-0.05, 0) is 71.1 Å². The quantitative estimate of drug-likeness (QED) is 0.445. The smallest absolute Gasteiger partial charge is 0.293 e. The Morgan fingerprint density at radius 1 is 1.26 bits per heavy atom. The van der Waals surface area contributed by atoms with Crippen molar-refractivity contribution in [2.45, 2.75) is 13.5 Å². The number of thioether (sulfide) groups is 1. The fraction of sp³-hybridized carbons (Fsp3) is 0.150. The molecule has 2 aromatic carbocycles. The highest BCUT2D eigenvalue weighted by Crippen LogP contribution is 2.33. The Morgan fingerprint density at radius 2 is 2.04 bits per heavy atom. The molecule has 7 heteroatoms. The summed E-state index contributed by atoms with van der Waals surface area (Å²) < 4.78 is 6.73. The number of hydrogen-bond donors (Lipinski definition) is 0. The van der Waals surface area contributed by atoms with Crippen LogP contribution in [-0.2, 0) is 11.4 Å². The molecule has 27 heavy (non-hydrogen) atoms. The van der Waals surface area contributed by atoms with Gasteiger partial charge >= 0.3 is 0 Å². The van der Waals surface area contributed by atoms with E-state index in [1.807, 2.05) is 36.4 Å². The zero-order chi connectivity index (χ0) is 19.4. The molecule has 1 aliphatic rings. The molecule has 2 amide bonds. The van der Waals surface area contributed by atoms with Crippen molar-refractivity contribution >= 4 is 51.6 Å². The summed E-state index contributed by atoms with van der Waals surface area (Å²) in [5.41, 5.74) is 2.25. The van der Waals surface area contributed by atoms with Gasteiger partial charge in [-0.3, -0.25) is 14.5 Å². The van der Waals surface area contributed by atoms with E-state index in [0.29, 0.717) is 29.4 Å². The van der Waals surface area contributed by atoms with Gasteiger partial charge < -0.3 is 4.74 Å². The molecule has 2 aromatic rings. The van der Waals surface area contributed by atoms with Crippen molar-refractivity contribution in [1.82, 2.24) is 4.90 Å². The van der Waals surface area contributed by atoms with E-state index in [9.17, 15) is 9.59 Å². The van der Waals surface area contributed by atoms with Crippen LogP contribution in [0.2, 0.25) is 0 Å². The van der Waals surface area contributed by atoms with Gasteiger partial charge in [0.05, 0.1) is 20.1 Å². The molecule has 136 valence electrons. The molecule has 3 rings (SSSR count). The molecule has 0 bridgehead atoms. The first kappa shape index (κ1) is 19.5. The van der Waals surface area contributed by atoms with Crippen molar-refractivity contribution in [3.63, 3.8) is 0 Å². The fourth-order valence-corrected chi connectivity index (χ4v) is 4.16. The number of amides is 2. The van der Waals surface area contributed by atoms with Gasteiger partial charge in [-0.25, -0.2) is 0 Å². The largest absolute Gasteiger partial charge is 0.488 e. The maximum atomic E-state index is 12.2. The van der Waals surface area contributed by atoms with Crippen LogP contribution in [0.4, 0.5) is 4.79 Å². The third-order valence-electron chi connectivity index (χ3n) is 3.96. The summed E-state index contributed by atoms with van der Waals surface area (Å²) in [4.78, 5) is 25.6.